The van der Waals surface area contributed by atoms with E-state index in [-0.39, 0.29) is 18.0 Å². The lowest BCUT2D eigenvalue weighted by molar-refractivity contribution is 0.0360. The number of aromatic nitrogens is 1. The molecule has 1 aromatic heterocycles. The van der Waals surface area contributed by atoms with Crippen LogP contribution in [0.15, 0.2) is 34.1 Å². The normalized spacial score (nSPS) is 17.4. The van der Waals surface area contributed by atoms with Crippen LogP contribution in [0.1, 0.15) is 16.7 Å². The molecule has 9 heteroatoms. The van der Waals surface area contributed by atoms with Gasteiger partial charge in [-0.25, -0.2) is 0 Å². The van der Waals surface area contributed by atoms with Crippen molar-refractivity contribution in [3.63, 3.8) is 0 Å². The van der Waals surface area contributed by atoms with Crippen LogP contribution in [0.3, 0.4) is 0 Å². The van der Waals surface area contributed by atoms with Gasteiger partial charge >= 0.3 is 0 Å². The van der Waals surface area contributed by atoms with Crippen LogP contribution in [-0.2, 0) is 16.0 Å². The van der Waals surface area contributed by atoms with Crippen LogP contribution < -0.4 is 10.5 Å². The highest BCUT2D eigenvalue weighted by molar-refractivity contribution is 5.87. The van der Waals surface area contributed by atoms with E-state index in [0.717, 1.165) is 50.8 Å². The molecule has 2 saturated heterocycles. The van der Waals surface area contributed by atoms with Gasteiger partial charge in [-0.2, -0.15) is 5.26 Å². The lowest BCUT2D eigenvalue weighted by Crippen LogP contribution is -2.39. The van der Waals surface area contributed by atoms with Crippen LogP contribution in [0.4, 0.5) is 11.4 Å². The van der Waals surface area contributed by atoms with E-state index in [0.29, 0.717) is 30.9 Å². The molecule has 2 aliphatic heterocycles. The van der Waals surface area contributed by atoms with Crippen LogP contribution in [-0.4, -0.2) is 79.9 Å². The molecule has 0 amide bonds. The maximum atomic E-state index is 12.8. The minimum Gasteiger partial charge on any atom is -0.494 e. The van der Waals surface area contributed by atoms with Gasteiger partial charge in [0.25, 0.3) is 5.56 Å². The minimum absolute atomic E-state index is 0.0268. The van der Waals surface area contributed by atoms with E-state index in [9.17, 15) is 15.2 Å². The van der Waals surface area contributed by atoms with Gasteiger partial charge in [0.15, 0.2) is 0 Å². The Morgan fingerprint density at radius 1 is 1.06 bits per heavy atom. The number of aromatic hydroxyl groups is 1. The molecule has 2 aliphatic rings. The number of hydrogen-bond donors (Lipinski definition) is 1. The number of nitriles is 1. The number of rotatable bonds is 6. The number of anilines is 1. The van der Waals surface area contributed by atoms with Crippen molar-refractivity contribution in [2.75, 3.05) is 64.1 Å². The smallest absolute Gasteiger partial charge is 0.271 e. The highest BCUT2D eigenvalue weighted by Crippen LogP contribution is 2.23. The minimum atomic E-state index is -0.479. The van der Waals surface area contributed by atoms with Crippen LogP contribution in [0.25, 0.3) is 0 Å². The summed E-state index contributed by atoms with van der Waals surface area (Å²) in [7, 11) is 0. The zero-order valence-corrected chi connectivity index (χ0v) is 18.9. The molecule has 0 atom stereocenters. The maximum absolute atomic E-state index is 12.8. The van der Waals surface area contributed by atoms with Crippen molar-refractivity contribution in [2.45, 2.75) is 13.5 Å². The highest BCUT2D eigenvalue weighted by atomic mass is 16.5. The fourth-order valence-corrected chi connectivity index (χ4v) is 4.11. The predicted octanol–water partition coefficient (Wildman–Crippen LogP) is 1.65. The van der Waals surface area contributed by atoms with E-state index in [1.165, 1.54) is 10.8 Å². The van der Waals surface area contributed by atoms with Gasteiger partial charge in [-0.1, -0.05) is 0 Å². The first-order chi connectivity index (χ1) is 16.1. The molecule has 1 N–H and O–H groups in total. The molecule has 4 rings (SSSR count). The van der Waals surface area contributed by atoms with Crippen molar-refractivity contribution in [1.82, 2.24) is 9.47 Å². The quantitative estimate of drug-likeness (QED) is 0.666. The topological polar surface area (TPSA) is 103 Å². The molecule has 174 valence electrons. The third-order valence-electron chi connectivity index (χ3n) is 6.16. The lowest BCUT2D eigenvalue weighted by Gasteiger charge is -2.28. The molecule has 9 nitrogen and oxygen atoms in total. The molecule has 0 unspecified atom stereocenters. The van der Waals surface area contributed by atoms with Gasteiger partial charge in [0, 0.05) is 51.2 Å². The van der Waals surface area contributed by atoms with Gasteiger partial charge in [-0.15, -0.1) is 0 Å². The summed E-state index contributed by atoms with van der Waals surface area (Å²) < 4.78 is 12.0. The number of ether oxygens (including phenoxy) is 2. The fraction of sp³-hybridized carbons (Fsp3) is 0.458. The molecule has 2 fully saturated rings. The summed E-state index contributed by atoms with van der Waals surface area (Å²) >= 11 is 0. The Morgan fingerprint density at radius 3 is 2.33 bits per heavy atom. The molecule has 3 heterocycles. The van der Waals surface area contributed by atoms with E-state index in [4.69, 9.17) is 9.47 Å². The summed E-state index contributed by atoms with van der Waals surface area (Å²) in [5.41, 5.74) is 2.18. The second-order valence-corrected chi connectivity index (χ2v) is 8.13. The standard InChI is InChI=1S/C24H29N5O4/c1-18-21(16-25)23(30)29(7-6-27-8-12-32-13-9-27)24(31)22(18)17-26-19-2-4-20(5-3-19)28-10-14-33-15-11-28/h2-5,17,31H,6-15H2,1H3. The zero-order valence-electron chi connectivity index (χ0n) is 18.9. The summed E-state index contributed by atoms with van der Waals surface area (Å²) in [6.07, 6.45) is 1.53. The zero-order chi connectivity index (χ0) is 23.2. The second kappa shape index (κ2) is 10.6. The largest absolute Gasteiger partial charge is 0.494 e. The summed E-state index contributed by atoms with van der Waals surface area (Å²) in [4.78, 5) is 21.7. The Bertz CT molecular complexity index is 1090. The number of morpholine rings is 2. The number of aliphatic imine (C=N–C) groups is 1. The molecule has 0 radical (unpaired) electrons. The molecule has 33 heavy (non-hydrogen) atoms. The molecule has 0 spiro atoms. The van der Waals surface area contributed by atoms with E-state index in [1.807, 2.05) is 30.3 Å². The first-order valence-electron chi connectivity index (χ1n) is 11.2. The number of benzene rings is 1. The monoisotopic (exact) mass is 451 g/mol. The summed E-state index contributed by atoms with van der Waals surface area (Å²) in [5, 5.41) is 20.5. The van der Waals surface area contributed by atoms with Crippen molar-refractivity contribution >= 4 is 17.6 Å². The average Bonchev–Trinajstić information content (AvgIpc) is 2.86. The van der Waals surface area contributed by atoms with Crippen molar-refractivity contribution in [3.8, 4) is 11.9 Å². The van der Waals surface area contributed by atoms with E-state index >= 15 is 0 Å². The van der Waals surface area contributed by atoms with Crippen LogP contribution in [0.2, 0.25) is 0 Å². The lowest BCUT2D eigenvalue weighted by atomic mass is 10.1. The highest BCUT2D eigenvalue weighted by Gasteiger charge is 2.19. The fourth-order valence-electron chi connectivity index (χ4n) is 4.11. The average molecular weight is 452 g/mol. The molecule has 0 saturated carbocycles. The van der Waals surface area contributed by atoms with E-state index < -0.39 is 5.56 Å². The third-order valence-corrected chi connectivity index (χ3v) is 6.16. The van der Waals surface area contributed by atoms with Gasteiger partial charge in [0.05, 0.1) is 37.7 Å². The number of pyridine rings is 1. The first-order valence-corrected chi connectivity index (χ1v) is 11.2. The van der Waals surface area contributed by atoms with Crippen molar-refractivity contribution < 1.29 is 14.6 Å². The van der Waals surface area contributed by atoms with E-state index in [1.54, 1.807) is 6.92 Å². The predicted molar refractivity (Wildman–Crippen MR) is 126 cm³/mol. The van der Waals surface area contributed by atoms with Crippen molar-refractivity contribution in [2.24, 2.45) is 4.99 Å². The van der Waals surface area contributed by atoms with E-state index in [2.05, 4.69) is 14.8 Å². The second-order valence-electron chi connectivity index (χ2n) is 8.13. The SMILES string of the molecule is Cc1c(C=Nc2ccc(N3CCOCC3)cc2)c(O)n(CCN2CCOCC2)c(=O)c1C#N. The number of hydrogen-bond acceptors (Lipinski definition) is 8. The van der Waals surface area contributed by atoms with Gasteiger partial charge in [-0.05, 0) is 36.8 Å². The summed E-state index contributed by atoms with van der Waals surface area (Å²) in [5.74, 6) is -0.168. The Balaban J connectivity index is 1.56. The molecular formula is C24H29N5O4. The van der Waals surface area contributed by atoms with Gasteiger partial charge in [-0.3, -0.25) is 19.3 Å². The Hall–Kier alpha value is -3.19. The molecule has 0 aliphatic carbocycles. The van der Waals surface area contributed by atoms with Gasteiger partial charge < -0.3 is 19.5 Å². The van der Waals surface area contributed by atoms with Crippen LogP contribution in [0, 0.1) is 18.3 Å². The Morgan fingerprint density at radius 2 is 1.70 bits per heavy atom. The molecule has 0 bridgehead atoms. The maximum Gasteiger partial charge on any atom is 0.271 e. The third kappa shape index (κ3) is 5.25. The summed E-state index contributed by atoms with van der Waals surface area (Å²) in [6, 6.07) is 9.83. The number of nitrogens with zero attached hydrogens (tertiary/aromatic N) is 5. The first kappa shape index (κ1) is 23.0. The van der Waals surface area contributed by atoms with Crippen LogP contribution >= 0.6 is 0 Å². The van der Waals surface area contributed by atoms with Gasteiger partial charge in [0.1, 0.15) is 11.6 Å². The molecule has 1 aromatic carbocycles. The summed E-state index contributed by atoms with van der Waals surface area (Å²) in [6.45, 7) is 8.57. The molecule has 2 aromatic rings. The van der Waals surface area contributed by atoms with Crippen LogP contribution in [0.5, 0.6) is 5.88 Å². The Labute approximate surface area is 193 Å². The van der Waals surface area contributed by atoms with Crippen molar-refractivity contribution in [1.29, 1.82) is 5.26 Å². The molecular weight excluding hydrogens is 422 g/mol. The van der Waals surface area contributed by atoms with Crippen molar-refractivity contribution in [3.05, 3.63) is 51.3 Å². The van der Waals surface area contributed by atoms with Gasteiger partial charge in [0.2, 0.25) is 5.88 Å². The Kier molecular flexibility index (Phi) is 7.40.